The first kappa shape index (κ1) is 12.6. The van der Waals surface area contributed by atoms with Crippen LogP contribution in [0.2, 0.25) is 0 Å². The molecule has 1 aromatic carbocycles. The number of hydrogen-bond donors (Lipinski definition) is 1. The number of aliphatic hydroxyl groups is 1. The second-order valence-corrected chi connectivity index (χ2v) is 5.05. The number of halogens is 1. The van der Waals surface area contributed by atoms with Gasteiger partial charge in [0, 0.05) is 23.9 Å². The van der Waals surface area contributed by atoms with Crippen LogP contribution < -0.4 is 0 Å². The summed E-state index contributed by atoms with van der Waals surface area (Å²) in [7, 11) is 0. The van der Waals surface area contributed by atoms with Crippen LogP contribution in [0, 0.1) is 5.82 Å². The van der Waals surface area contributed by atoms with Crippen molar-refractivity contribution in [3.05, 3.63) is 29.8 Å². The Bertz CT molecular complexity index is 562. The molecule has 102 valence electrons. The second-order valence-electron chi connectivity index (χ2n) is 5.05. The molecular weight excluding hydrogens is 247 g/mol. The Kier molecular flexibility index (Phi) is 3.48. The van der Waals surface area contributed by atoms with Gasteiger partial charge in [0.25, 0.3) is 0 Å². The van der Waals surface area contributed by atoms with Gasteiger partial charge >= 0.3 is 0 Å². The molecule has 1 saturated heterocycles. The third-order valence-electron chi connectivity index (χ3n) is 3.84. The fraction of sp³-hybridized carbons (Fsp3) is 0.500. The van der Waals surface area contributed by atoms with Gasteiger partial charge in [0.1, 0.15) is 17.1 Å². The smallest absolute Gasteiger partial charge is 0.147 e. The van der Waals surface area contributed by atoms with Gasteiger partial charge in [-0.1, -0.05) is 5.16 Å². The number of likely N-dealkylation sites (tertiary alicyclic amines) is 1. The molecule has 0 unspecified atom stereocenters. The summed E-state index contributed by atoms with van der Waals surface area (Å²) in [5.41, 5.74) is 0.591. The van der Waals surface area contributed by atoms with Crippen LogP contribution in [0.25, 0.3) is 10.9 Å². The zero-order chi connectivity index (χ0) is 13.2. The predicted molar refractivity (Wildman–Crippen MR) is 69.5 cm³/mol. The molecule has 1 N–H and O–H groups in total. The van der Waals surface area contributed by atoms with Gasteiger partial charge in [-0.05, 0) is 38.1 Å². The number of hydrogen-bond acceptors (Lipinski definition) is 4. The molecule has 0 saturated carbocycles. The highest BCUT2D eigenvalue weighted by Gasteiger charge is 2.25. The molecule has 0 atom stereocenters. The van der Waals surface area contributed by atoms with E-state index in [1.165, 1.54) is 12.1 Å². The molecule has 0 bridgehead atoms. The largest absolute Gasteiger partial charge is 0.395 e. The highest BCUT2D eigenvalue weighted by Crippen LogP contribution is 2.33. The summed E-state index contributed by atoms with van der Waals surface area (Å²) in [4.78, 5) is 2.24. The molecule has 2 heterocycles. The maximum Gasteiger partial charge on any atom is 0.147 e. The van der Waals surface area contributed by atoms with Crippen LogP contribution in [0.3, 0.4) is 0 Å². The molecule has 4 nitrogen and oxygen atoms in total. The van der Waals surface area contributed by atoms with Crippen LogP contribution in [0.15, 0.2) is 22.7 Å². The first-order valence-corrected chi connectivity index (χ1v) is 6.66. The summed E-state index contributed by atoms with van der Waals surface area (Å²) in [6.45, 7) is 2.84. The topological polar surface area (TPSA) is 49.5 Å². The second kappa shape index (κ2) is 5.27. The Labute approximate surface area is 110 Å². The number of aromatic nitrogens is 1. The summed E-state index contributed by atoms with van der Waals surface area (Å²) in [6, 6.07) is 4.60. The van der Waals surface area contributed by atoms with E-state index < -0.39 is 0 Å². The normalized spacial score (nSPS) is 18.2. The predicted octanol–water partition coefficient (Wildman–Crippen LogP) is 2.14. The summed E-state index contributed by atoms with van der Waals surface area (Å²) in [5.74, 6) is 0.925. The van der Waals surface area contributed by atoms with Gasteiger partial charge in [0.15, 0.2) is 0 Å². The van der Waals surface area contributed by atoms with Crippen LogP contribution in [0.4, 0.5) is 4.39 Å². The molecule has 0 amide bonds. The third kappa shape index (κ3) is 2.48. The fourth-order valence-corrected chi connectivity index (χ4v) is 2.79. The molecule has 1 aliphatic heterocycles. The van der Waals surface area contributed by atoms with Crippen molar-refractivity contribution in [2.24, 2.45) is 0 Å². The minimum atomic E-state index is -0.287. The van der Waals surface area contributed by atoms with E-state index in [1.807, 2.05) is 0 Å². The number of rotatable bonds is 3. The molecule has 1 aliphatic rings. The van der Waals surface area contributed by atoms with E-state index >= 15 is 0 Å². The molecule has 19 heavy (non-hydrogen) atoms. The van der Waals surface area contributed by atoms with Gasteiger partial charge < -0.3 is 14.5 Å². The number of fused-ring (bicyclic) bond motifs is 1. The van der Waals surface area contributed by atoms with Crippen LogP contribution in [-0.4, -0.2) is 41.4 Å². The van der Waals surface area contributed by atoms with Crippen molar-refractivity contribution in [2.45, 2.75) is 18.8 Å². The minimum Gasteiger partial charge on any atom is -0.395 e. The van der Waals surface area contributed by atoms with Crippen molar-refractivity contribution in [3.8, 4) is 0 Å². The third-order valence-corrected chi connectivity index (χ3v) is 3.84. The van der Waals surface area contributed by atoms with E-state index in [1.54, 1.807) is 6.07 Å². The molecular formula is C14H17FN2O2. The number of piperidine rings is 1. The van der Waals surface area contributed by atoms with E-state index in [9.17, 15) is 4.39 Å². The monoisotopic (exact) mass is 264 g/mol. The van der Waals surface area contributed by atoms with E-state index in [2.05, 4.69) is 10.1 Å². The zero-order valence-corrected chi connectivity index (χ0v) is 10.7. The van der Waals surface area contributed by atoms with E-state index in [0.717, 1.165) is 43.6 Å². The van der Waals surface area contributed by atoms with Crippen molar-refractivity contribution in [3.63, 3.8) is 0 Å². The number of aliphatic hydroxyl groups excluding tert-OH is 1. The average molecular weight is 264 g/mol. The summed E-state index contributed by atoms with van der Waals surface area (Å²) >= 11 is 0. The first-order valence-electron chi connectivity index (χ1n) is 6.66. The molecule has 1 aromatic heterocycles. The lowest BCUT2D eigenvalue weighted by molar-refractivity contribution is 0.157. The maximum atomic E-state index is 13.1. The molecule has 1 fully saturated rings. The van der Waals surface area contributed by atoms with Gasteiger partial charge in [-0.3, -0.25) is 0 Å². The Balaban J connectivity index is 1.78. The Morgan fingerprint density at radius 2 is 2.16 bits per heavy atom. The molecule has 2 aromatic rings. The van der Waals surface area contributed by atoms with Crippen molar-refractivity contribution < 1.29 is 14.0 Å². The molecule has 0 aliphatic carbocycles. The van der Waals surface area contributed by atoms with Crippen molar-refractivity contribution in [1.29, 1.82) is 0 Å². The van der Waals surface area contributed by atoms with Crippen molar-refractivity contribution >= 4 is 10.9 Å². The summed E-state index contributed by atoms with van der Waals surface area (Å²) < 4.78 is 18.5. The standard InChI is InChI=1S/C14H17FN2O2/c15-11-1-2-12-13(9-11)16-19-14(12)10-3-5-17(6-4-10)7-8-18/h1-2,9-10,18H,3-8H2. The Morgan fingerprint density at radius 3 is 2.89 bits per heavy atom. The molecule has 0 radical (unpaired) electrons. The molecule has 0 spiro atoms. The highest BCUT2D eigenvalue weighted by atomic mass is 19.1. The quantitative estimate of drug-likeness (QED) is 0.922. The van der Waals surface area contributed by atoms with Crippen LogP contribution in [-0.2, 0) is 0 Å². The van der Waals surface area contributed by atoms with Crippen molar-refractivity contribution in [1.82, 2.24) is 10.1 Å². The lowest BCUT2D eigenvalue weighted by Crippen LogP contribution is -2.34. The SMILES string of the molecule is OCCN1CCC(c2onc3cc(F)ccc23)CC1. The first-order chi connectivity index (χ1) is 9.28. The summed E-state index contributed by atoms with van der Waals surface area (Å²) in [5, 5.41) is 13.8. The van der Waals surface area contributed by atoms with Crippen LogP contribution >= 0.6 is 0 Å². The summed E-state index contributed by atoms with van der Waals surface area (Å²) in [6.07, 6.45) is 1.98. The maximum absolute atomic E-state index is 13.1. The number of nitrogens with zero attached hydrogens (tertiary/aromatic N) is 2. The zero-order valence-electron chi connectivity index (χ0n) is 10.7. The highest BCUT2D eigenvalue weighted by molar-refractivity contribution is 5.80. The number of benzene rings is 1. The van der Waals surface area contributed by atoms with E-state index in [0.29, 0.717) is 11.4 Å². The van der Waals surface area contributed by atoms with Crippen LogP contribution in [0.1, 0.15) is 24.5 Å². The van der Waals surface area contributed by atoms with E-state index in [4.69, 9.17) is 9.63 Å². The lowest BCUT2D eigenvalue weighted by atomic mass is 9.92. The Morgan fingerprint density at radius 1 is 1.37 bits per heavy atom. The molecule has 3 rings (SSSR count). The van der Waals surface area contributed by atoms with E-state index in [-0.39, 0.29) is 12.4 Å². The van der Waals surface area contributed by atoms with Gasteiger partial charge in [0.2, 0.25) is 0 Å². The van der Waals surface area contributed by atoms with Gasteiger partial charge in [-0.2, -0.15) is 0 Å². The van der Waals surface area contributed by atoms with Gasteiger partial charge in [-0.25, -0.2) is 4.39 Å². The fourth-order valence-electron chi connectivity index (χ4n) is 2.79. The number of β-amino-alcohol motifs (C(OH)–C–C–N with tert-alkyl or cyclic N) is 1. The van der Waals surface area contributed by atoms with Gasteiger partial charge in [0.05, 0.1) is 6.61 Å². The average Bonchev–Trinajstić information content (AvgIpc) is 2.83. The van der Waals surface area contributed by atoms with Crippen molar-refractivity contribution in [2.75, 3.05) is 26.2 Å². The minimum absolute atomic E-state index is 0.204. The van der Waals surface area contributed by atoms with Gasteiger partial charge in [-0.15, -0.1) is 0 Å². The van der Waals surface area contributed by atoms with Crippen LogP contribution in [0.5, 0.6) is 0 Å². The molecule has 5 heteroatoms. The lowest BCUT2D eigenvalue weighted by Gasteiger charge is -2.30. The Hall–Kier alpha value is -1.46.